The third kappa shape index (κ3) is 4.83. The molecule has 1 N–H and O–H groups in total. The number of carbonyl (C=O) groups is 2. The molecule has 0 unspecified atom stereocenters. The highest BCUT2D eigenvalue weighted by Gasteiger charge is 2.22. The van der Waals surface area contributed by atoms with E-state index in [9.17, 15) is 9.59 Å². The van der Waals surface area contributed by atoms with Gasteiger partial charge in [-0.05, 0) is 37.3 Å². The molecule has 1 saturated heterocycles. The van der Waals surface area contributed by atoms with Gasteiger partial charge in [0.2, 0.25) is 0 Å². The number of ether oxygens (including phenoxy) is 1. The fraction of sp³-hybridized carbons (Fsp3) is 0.250. The highest BCUT2D eigenvalue weighted by atomic mass is 79.9. The summed E-state index contributed by atoms with van der Waals surface area (Å²) in [6, 6.07) is 8.48. The predicted molar refractivity (Wildman–Crippen MR) is 120 cm³/mol. The number of anilines is 1. The van der Waals surface area contributed by atoms with Crippen LogP contribution in [0.1, 0.15) is 29.1 Å². The second-order valence-corrected chi connectivity index (χ2v) is 8.69. The van der Waals surface area contributed by atoms with Crippen molar-refractivity contribution in [2.45, 2.75) is 13.0 Å². The van der Waals surface area contributed by atoms with Gasteiger partial charge in [0.15, 0.2) is 11.6 Å². The number of pyridine rings is 1. The molecule has 1 fully saturated rings. The van der Waals surface area contributed by atoms with Gasteiger partial charge in [-0.1, -0.05) is 31.9 Å². The van der Waals surface area contributed by atoms with Gasteiger partial charge in [0.25, 0.3) is 11.8 Å². The maximum absolute atomic E-state index is 12.7. The number of nitrogens with zero attached hydrogens (tertiary/aromatic N) is 5. The van der Waals surface area contributed by atoms with Crippen molar-refractivity contribution in [1.82, 2.24) is 25.1 Å². The molecule has 0 aliphatic carbocycles. The van der Waals surface area contributed by atoms with Crippen LogP contribution in [0.5, 0.6) is 0 Å². The molecule has 0 spiro atoms. The van der Waals surface area contributed by atoms with Gasteiger partial charge in [0.05, 0.1) is 24.5 Å². The van der Waals surface area contributed by atoms with Gasteiger partial charge in [-0.2, -0.15) is 9.78 Å². The summed E-state index contributed by atoms with van der Waals surface area (Å²) in [6.45, 7) is 2.88. The lowest BCUT2D eigenvalue weighted by molar-refractivity contribution is -0.125. The highest BCUT2D eigenvalue weighted by Crippen LogP contribution is 2.22. The number of morpholine rings is 1. The number of rotatable bonds is 5. The number of nitrogens with one attached hydrogen (secondary N) is 1. The van der Waals surface area contributed by atoms with E-state index >= 15 is 0 Å². The summed E-state index contributed by atoms with van der Waals surface area (Å²) in [4.78, 5) is 35.1. The third-order valence-corrected chi connectivity index (χ3v) is 5.60. The first-order valence-corrected chi connectivity index (χ1v) is 11.0. The Hall–Kier alpha value is -2.63. The molecule has 2 aromatic heterocycles. The third-order valence-electron chi connectivity index (χ3n) is 4.68. The molecule has 9 nitrogen and oxygen atoms in total. The van der Waals surface area contributed by atoms with Gasteiger partial charge in [0.1, 0.15) is 12.9 Å². The van der Waals surface area contributed by atoms with Gasteiger partial charge in [-0.3, -0.25) is 9.59 Å². The van der Waals surface area contributed by atoms with E-state index in [2.05, 4.69) is 52.2 Å². The van der Waals surface area contributed by atoms with Crippen molar-refractivity contribution in [3.05, 3.63) is 63.2 Å². The van der Waals surface area contributed by atoms with E-state index in [1.54, 1.807) is 40.0 Å². The lowest BCUT2D eigenvalue weighted by Gasteiger charge is -2.26. The molecule has 0 bridgehead atoms. The van der Waals surface area contributed by atoms with Gasteiger partial charge in [-0.15, -0.1) is 0 Å². The zero-order valence-electron chi connectivity index (χ0n) is 16.5. The molecule has 1 aliphatic heterocycles. The van der Waals surface area contributed by atoms with Crippen molar-refractivity contribution < 1.29 is 14.3 Å². The number of halogens is 2. The van der Waals surface area contributed by atoms with Crippen LogP contribution >= 0.6 is 31.9 Å². The maximum Gasteiger partial charge on any atom is 0.253 e. The Morgan fingerprint density at radius 3 is 2.65 bits per heavy atom. The fourth-order valence-corrected chi connectivity index (χ4v) is 4.50. The average Bonchev–Trinajstić information content (AvgIpc) is 3.24. The van der Waals surface area contributed by atoms with Crippen LogP contribution in [0.25, 0.3) is 5.82 Å². The van der Waals surface area contributed by atoms with Crippen LogP contribution in [0.2, 0.25) is 0 Å². The monoisotopic (exact) mass is 548 g/mol. The molecule has 1 aromatic carbocycles. The number of aromatic nitrogens is 4. The maximum atomic E-state index is 12.7. The SMILES string of the molecule is C[C@H](NC(=O)c1cc(Br)cc(Br)c1)c1ncnn1-c1ccc(N2CCOCC2=O)cn1. The molecule has 0 radical (unpaired) electrons. The first-order valence-electron chi connectivity index (χ1n) is 9.44. The van der Waals surface area contributed by atoms with E-state index in [4.69, 9.17) is 4.74 Å². The molecule has 1 aliphatic rings. The van der Waals surface area contributed by atoms with Crippen molar-refractivity contribution in [3.8, 4) is 5.82 Å². The van der Waals surface area contributed by atoms with Crippen molar-refractivity contribution in [2.75, 3.05) is 24.7 Å². The number of amides is 2. The summed E-state index contributed by atoms with van der Waals surface area (Å²) in [5, 5.41) is 7.18. The molecule has 1 atom stereocenters. The molecule has 2 amide bonds. The van der Waals surface area contributed by atoms with Gasteiger partial charge < -0.3 is 15.0 Å². The Morgan fingerprint density at radius 1 is 1.19 bits per heavy atom. The Labute approximate surface area is 195 Å². The minimum absolute atomic E-state index is 0.0702. The van der Waals surface area contributed by atoms with Crippen molar-refractivity contribution in [2.24, 2.45) is 0 Å². The molecular formula is C20H18Br2N6O3. The van der Waals surface area contributed by atoms with E-state index in [0.29, 0.717) is 36.0 Å². The number of hydrogen-bond acceptors (Lipinski definition) is 6. The summed E-state index contributed by atoms with van der Waals surface area (Å²) in [7, 11) is 0. The van der Waals surface area contributed by atoms with Crippen LogP contribution < -0.4 is 10.2 Å². The predicted octanol–water partition coefficient (Wildman–Crippen LogP) is 3.04. The van der Waals surface area contributed by atoms with E-state index in [0.717, 1.165) is 8.95 Å². The molecule has 160 valence electrons. The van der Waals surface area contributed by atoms with E-state index in [-0.39, 0.29) is 18.4 Å². The van der Waals surface area contributed by atoms with Crippen molar-refractivity contribution >= 4 is 49.4 Å². The normalized spacial score (nSPS) is 15.1. The van der Waals surface area contributed by atoms with Gasteiger partial charge >= 0.3 is 0 Å². The minimum Gasteiger partial charge on any atom is -0.370 e. The second kappa shape index (κ2) is 9.25. The summed E-state index contributed by atoms with van der Waals surface area (Å²) < 4.78 is 8.32. The second-order valence-electron chi connectivity index (χ2n) is 6.86. The standard InChI is InChI=1S/C20H18Br2N6O3/c1-12(26-20(30)13-6-14(21)8-15(22)7-13)19-24-11-25-28(19)17-3-2-16(9-23-17)27-4-5-31-10-18(27)29/h2-3,6-9,11-12H,4-5,10H2,1H3,(H,26,30)/t12-/m0/s1. The number of carbonyl (C=O) groups excluding carboxylic acids is 2. The van der Waals surface area contributed by atoms with E-state index in [1.165, 1.54) is 6.33 Å². The summed E-state index contributed by atoms with van der Waals surface area (Å²) in [6.07, 6.45) is 3.03. The van der Waals surface area contributed by atoms with Gasteiger partial charge in [-0.25, -0.2) is 9.97 Å². The Morgan fingerprint density at radius 2 is 1.97 bits per heavy atom. The highest BCUT2D eigenvalue weighted by molar-refractivity contribution is 9.11. The van der Waals surface area contributed by atoms with Crippen LogP contribution in [0.3, 0.4) is 0 Å². The topological polar surface area (TPSA) is 102 Å². The fourth-order valence-electron chi connectivity index (χ4n) is 3.21. The van der Waals surface area contributed by atoms with Crippen molar-refractivity contribution in [3.63, 3.8) is 0 Å². The van der Waals surface area contributed by atoms with Crippen LogP contribution in [0.4, 0.5) is 5.69 Å². The number of benzene rings is 1. The summed E-state index contributed by atoms with van der Waals surface area (Å²) in [5.41, 5.74) is 1.21. The zero-order valence-corrected chi connectivity index (χ0v) is 19.6. The molecule has 31 heavy (non-hydrogen) atoms. The van der Waals surface area contributed by atoms with Crippen LogP contribution in [-0.4, -0.2) is 51.3 Å². The van der Waals surface area contributed by atoms with Gasteiger partial charge in [0, 0.05) is 21.1 Å². The van der Waals surface area contributed by atoms with E-state index in [1.807, 2.05) is 13.0 Å². The quantitative estimate of drug-likeness (QED) is 0.525. The average molecular weight is 550 g/mol. The van der Waals surface area contributed by atoms with Crippen LogP contribution in [0.15, 0.2) is 51.8 Å². The van der Waals surface area contributed by atoms with Crippen molar-refractivity contribution in [1.29, 1.82) is 0 Å². The minimum atomic E-state index is -0.421. The molecule has 0 saturated carbocycles. The summed E-state index contributed by atoms with van der Waals surface area (Å²) >= 11 is 6.78. The Kier molecular flexibility index (Phi) is 6.44. The number of hydrogen-bond donors (Lipinski definition) is 1. The summed E-state index contributed by atoms with van der Waals surface area (Å²) in [5.74, 6) is 0.726. The smallest absolute Gasteiger partial charge is 0.253 e. The zero-order chi connectivity index (χ0) is 22.0. The first-order chi connectivity index (χ1) is 14.9. The van der Waals surface area contributed by atoms with Crippen LogP contribution in [-0.2, 0) is 9.53 Å². The lowest BCUT2D eigenvalue weighted by Crippen LogP contribution is -2.41. The largest absolute Gasteiger partial charge is 0.370 e. The molecular weight excluding hydrogens is 532 g/mol. The molecule has 4 rings (SSSR count). The molecule has 3 aromatic rings. The molecule has 3 heterocycles. The van der Waals surface area contributed by atoms with E-state index < -0.39 is 6.04 Å². The Balaban J connectivity index is 1.51. The molecule has 11 heteroatoms. The first kappa shape index (κ1) is 21.6. The lowest BCUT2D eigenvalue weighted by atomic mass is 10.2. The Bertz CT molecular complexity index is 1100. The van der Waals surface area contributed by atoms with Crippen LogP contribution in [0, 0.1) is 0 Å².